The first kappa shape index (κ1) is 18.1. The van der Waals surface area contributed by atoms with Crippen molar-refractivity contribution in [3.8, 4) is 12.3 Å². The third kappa shape index (κ3) is 5.40. The molecule has 1 atom stereocenters. The molecule has 2 rings (SSSR count). The number of urea groups is 1. The van der Waals surface area contributed by atoms with Crippen LogP contribution in [0.1, 0.15) is 35.3 Å². The van der Waals surface area contributed by atoms with Crippen LogP contribution in [0.4, 0.5) is 10.5 Å². The van der Waals surface area contributed by atoms with Crippen molar-refractivity contribution in [3.63, 3.8) is 0 Å². The summed E-state index contributed by atoms with van der Waals surface area (Å²) < 4.78 is 0. The number of carbonyl (C=O) groups is 2. The number of hydrogen-bond acceptors (Lipinski definition) is 2. The smallest absolute Gasteiger partial charge is 0.319 e. The van der Waals surface area contributed by atoms with Gasteiger partial charge >= 0.3 is 6.03 Å². The van der Waals surface area contributed by atoms with Crippen molar-refractivity contribution in [3.05, 3.63) is 65.7 Å². The van der Waals surface area contributed by atoms with Crippen molar-refractivity contribution in [2.24, 2.45) is 0 Å². The third-order valence-electron chi connectivity index (χ3n) is 3.57. The lowest BCUT2D eigenvalue weighted by molar-refractivity contribution is 0.0956. The van der Waals surface area contributed by atoms with E-state index in [-0.39, 0.29) is 18.0 Å². The van der Waals surface area contributed by atoms with Gasteiger partial charge in [-0.05, 0) is 36.8 Å². The number of hydrogen-bond donors (Lipinski definition) is 3. The van der Waals surface area contributed by atoms with Crippen molar-refractivity contribution in [2.45, 2.75) is 19.4 Å². The fraction of sp³-hybridized carbons (Fsp3) is 0.200. The Labute approximate surface area is 147 Å². The van der Waals surface area contributed by atoms with E-state index in [1.54, 1.807) is 24.3 Å². The lowest BCUT2D eigenvalue weighted by Crippen LogP contribution is -2.32. The molecule has 3 amide bonds. The lowest BCUT2D eigenvalue weighted by Gasteiger charge is -2.17. The van der Waals surface area contributed by atoms with E-state index in [0.717, 1.165) is 5.56 Å². The highest BCUT2D eigenvalue weighted by Gasteiger charge is 2.13. The number of anilines is 1. The molecule has 128 valence electrons. The van der Waals surface area contributed by atoms with Crippen LogP contribution in [0.2, 0.25) is 0 Å². The van der Waals surface area contributed by atoms with Gasteiger partial charge in [-0.3, -0.25) is 4.79 Å². The summed E-state index contributed by atoms with van der Waals surface area (Å²) in [6, 6.07) is 15.6. The molecule has 2 aromatic carbocycles. The van der Waals surface area contributed by atoms with Crippen LogP contribution in [0.15, 0.2) is 54.6 Å². The van der Waals surface area contributed by atoms with Crippen molar-refractivity contribution in [1.29, 1.82) is 0 Å². The Morgan fingerprint density at radius 3 is 2.36 bits per heavy atom. The average Bonchev–Trinajstić information content (AvgIpc) is 2.63. The Morgan fingerprint density at radius 1 is 1.08 bits per heavy atom. The number of rotatable bonds is 6. The Morgan fingerprint density at radius 2 is 1.76 bits per heavy atom. The molecule has 0 aliphatic carbocycles. The normalized spacial score (nSPS) is 11.0. The van der Waals surface area contributed by atoms with Gasteiger partial charge in [0.2, 0.25) is 0 Å². The van der Waals surface area contributed by atoms with E-state index in [0.29, 0.717) is 24.2 Å². The molecular weight excluding hydrogens is 314 g/mol. The first-order chi connectivity index (χ1) is 12.1. The van der Waals surface area contributed by atoms with E-state index in [4.69, 9.17) is 6.42 Å². The minimum absolute atomic E-state index is 0.142. The maximum absolute atomic E-state index is 12.2. The van der Waals surface area contributed by atoms with E-state index < -0.39 is 0 Å². The molecule has 3 N–H and O–H groups in total. The summed E-state index contributed by atoms with van der Waals surface area (Å²) in [5, 5.41) is 8.34. The van der Waals surface area contributed by atoms with Gasteiger partial charge in [0.1, 0.15) is 0 Å². The van der Waals surface area contributed by atoms with E-state index in [1.807, 2.05) is 37.3 Å². The molecule has 0 fully saturated rings. The predicted octanol–water partition coefficient (Wildman–Crippen LogP) is 3.32. The summed E-state index contributed by atoms with van der Waals surface area (Å²) in [5.41, 5.74) is 2.09. The van der Waals surface area contributed by atoms with Gasteiger partial charge in [0.05, 0.1) is 6.04 Å². The fourth-order valence-electron chi connectivity index (χ4n) is 2.35. The summed E-state index contributed by atoms with van der Waals surface area (Å²) >= 11 is 0. The van der Waals surface area contributed by atoms with Gasteiger partial charge in [-0.2, -0.15) is 0 Å². The van der Waals surface area contributed by atoms with Gasteiger partial charge in [0, 0.05) is 24.2 Å². The molecular formula is C20H21N3O2. The summed E-state index contributed by atoms with van der Waals surface area (Å²) in [6.45, 7) is 2.43. The molecule has 25 heavy (non-hydrogen) atoms. The first-order valence-corrected chi connectivity index (χ1v) is 8.08. The quantitative estimate of drug-likeness (QED) is 0.709. The van der Waals surface area contributed by atoms with Gasteiger partial charge in [-0.25, -0.2) is 4.79 Å². The second kappa shape index (κ2) is 9.14. The second-order valence-corrected chi connectivity index (χ2v) is 5.41. The number of nitrogens with one attached hydrogen (secondary N) is 3. The largest absolute Gasteiger partial charge is 0.352 e. The Kier molecular flexibility index (Phi) is 6.61. The second-order valence-electron chi connectivity index (χ2n) is 5.41. The zero-order valence-electron chi connectivity index (χ0n) is 14.1. The van der Waals surface area contributed by atoms with E-state index >= 15 is 0 Å². The maximum Gasteiger partial charge on any atom is 0.319 e. The van der Waals surface area contributed by atoms with Crippen LogP contribution in [0.5, 0.6) is 0 Å². The summed E-state index contributed by atoms with van der Waals surface area (Å²) in [6.07, 6.45) is 5.80. The Hall–Kier alpha value is -3.26. The molecule has 0 aromatic heterocycles. The summed E-state index contributed by atoms with van der Waals surface area (Å²) in [7, 11) is 0. The van der Waals surface area contributed by atoms with E-state index in [2.05, 4.69) is 21.9 Å². The lowest BCUT2D eigenvalue weighted by atomic mass is 10.0. The van der Waals surface area contributed by atoms with Crippen molar-refractivity contribution >= 4 is 17.6 Å². The fourth-order valence-corrected chi connectivity index (χ4v) is 2.35. The van der Waals surface area contributed by atoms with Crippen LogP contribution < -0.4 is 16.0 Å². The average molecular weight is 335 g/mol. The molecule has 0 aliphatic rings. The van der Waals surface area contributed by atoms with Crippen molar-refractivity contribution in [1.82, 2.24) is 10.6 Å². The van der Waals surface area contributed by atoms with Crippen molar-refractivity contribution < 1.29 is 9.59 Å². The molecule has 5 nitrogen and oxygen atoms in total. The predicted molar refractivity (Wildman–Crippen MR) is 99.2 cm³/mol. The minimum Gasteiger partial charge on any atom is -0.352 e. The van der Waals surface area contributed by atoms with Gasteiger partial charge in [-0.15, -0.1) is 12.3 Å². The van der Waals surface area contributed by atoms with Gasteiger partial charge < -0.3 is 16.0 Å². The van der Waals surface area contributed by atoms with E-state index in [9.17, 15) is 9.59 Å². The van der Waals surface area contributed by atoms with Gasteiger partial charge in [0.15, 0.2) is 0 Å². The first-order valence-electron chi connectivity index (χ1n) is 8.08. The Bertz CT molecular complexity index is 749. The SMILES string of the molecule is C#CC[C@@H](NC(=O)Nc1ccc(C(=O)NCC)cc1)c1ccccc1. The third-order valence-corrected chi connectivity index (χ3v) is 3.57. The van der Waals surface area contributed by atoms with Crippen LogP contribution >= 0.6 is 0 Å². The monoisotopic (exact) mass is 335 g/mol. The van der Waals surface area contributed by atoms with Crippen LogP contribution in [0.25, 0.3) is 0 Å². The van der Waals surface area contributed by atoms with Crippen LogP contribution in [-0.2, 0) is 0 Å². The summed E-state index contributed by atoms with van der Waals surface area (Å²) in [5.74, 6) is 2.44. The molecule has 0 saturated carbocycles. The molecule has 0 saturated heterocycles. The van der Waals surface area contributed by atoms with E-state index in [1.165, 1.54) is 0 Å². The van der Waals surface area contributed by atoms with Crippen molar-refractivity contribution in [2.75, 3.05) is 11.9 Å². The number of terminal acetylenes is 1. The number of carbonyl (C=O) groups excluding carboxylic acids is 2. The van der Waals surface area contributed by atoms with Crippen LogP contribution in [-0.4, -0.2) is 18.5 Å². The molecule has 5 heteroatoms. The molecule has 0 spiro atoms. The van der Waals surface area contributed by atoms with Gasteiger partial charge in [-0.1, -0.05) is 30.3 Å². The highest BCUT2D eigenvalue weighted by Crippen LogP contribution is 2.16. The molecule has 0 unspecified atom stereocenters. The van der Waals surface area contributed by atoms with Crippen LogP contribution in [0.3, 0.4) is 0 Å². The van der Waals surface area contributed by atoms with Gasteiger partial charge in [0.25, 0.3) is 5.91 Å². The molecule has 0 radical (unpaired) electrons. The molecule has 0 bridgehead atoms. The molecule has 0 aliphatic heterocycles. The highest BCUT2D eigenvalue weighted by molar-refractivity contribution is 5.95. The highest BCUT2D eigenvalue weighted by atomic mass is 16.2. The molecule has 0 heterocycles. The zero-order chi connectivity index (χ0) is 18.1. The summed E-state index contributed by atoms with van der Waals surface area (Å²) in [4.78, 5) is 23.9. The number of amides is 3. The zero-order valence-corrected chi connectivity index (χ0v) is 14.1. The number of benzene rings is 2. The van der Waals surface area contributed by atoms with Crippen LogP contribution in [0, 0.1) is 12.3 Å². The Balaban J connectivity index is 1.99. The maximum atomic E-state index is 12.2. The standard InChI is InChI=1S/C20H21N3O2/c1-3-8-18(15-9-6-5-7-10-15)23-20(25)22-17-13-11-16(12-14-17)19(24)21-4-2/h1,5-7,9-14,18H,4,8H2,2H3,(H,21,24)(H2,22,23,25)/t18-/m1/s1. The molecule has 2 aromatic rings. The topological polar surface area (TPSA) is 70.2 Å². The minimum atomic E-state index is -0.352.